The molecule has 0 aromatic heterocycles. The molecule has 0 heterocycles. The van der Waals surface area contributed by atoms with Gasteiger partial charge in [-0.2, -0.15) is 0 Å². The first-order valence-corrected chi connectivity index (χ1v) is 41.4. The molecule has 17 nitrogen and oxygen atoms in total. The zero-order valence-electron chi connectivity index (χ0n) is 63.0. The number of ether oxygens (including phenoxy) is 4. The third-order valence-corrected chi connectivity index (χ3v) is 17.1. The number of allylic oxidation sites excluding steroid dienone is 28. The van der Waals surface area contributed by atoms with Gasteiger partial charge in [-0.1, -0.05) is 268 Å². The van der Waals surface area contributed by atoms with Crippen molar-refractivity contribution in [2.45, 2.75) is 290 Å². The van der Waals surface area contributed by atoms with Gasteiger partial charge in [0.1, 0.15) is 19.3 Å². The molecule has 0 aliphatic rings. The highest BCUT2D eigenvalue weighted by molar-refractivity contribution is 7.47. The average molecular weight is 1470 g/mol. The maximum absolute atomic E-state index is 13.1. The molecule has 102 heavy (non-hydrogen) atoms. The number of aliphatic hydroxyl groups is 1. The Morgan fingerprint density at radius 3 is 0.853 bits per heavy atom. The van der Waals surface area contributed by atoms with Crippen LogP contribution >= 0.6 is 15.6 Å². The van der Waals surface area contributed by atoms with Gasteiger partial charge in [0.25, 0.3) is 0 Å². The number of phosphoric ester groups is 2. The lowest BCUT2D eigenvalue weighted by atomic mass is 10.1. The van der Waals surface area contributed by atoms with Gasteiger partial charge >= 0.3 is 39.5 Å². The molecular formula is C83H134O17P2. The van der Waals surface area contributed by atoms with E-state index in [0.29, 0.717) is 38.5 Å². The maximum Gasteiger partial charge on any atom is 0.472 e. The van der Waals surface area contributed by atoms with Crippen LogP contribution in [0.5, 0.6) is 0 Å². The standard InChI is InChI=1S/C83H134O17P2/c1-5-9-13-17-21-25-29-32-34-36-38-40-42-45-48-51-55-59-63-67-80(85)93-73-78(99-82(87)69-65-61-57-53-47-28-24-20-16-12-8-4)75-97-101(89,90)95-71-77(84)72-96-102(91,92)98-76-79(100-83(88)70-66-62-58-54-50-44-31-27-23-19-15-11-7-3)74-94-81(86)68-64-60-56-52-49-46-43-41-39-37-35-33-30-26-22-18-14-10-6-2/h9-10,13-14,20-22,24-27,31-35,38-41,45-46,48-49,55-56,59-60,77-79,84H,5-8,11-12,15-19,23,28-30,36-37,42-44,47,50-54,57-58,61-76H2,1-4H3,(H,89,90)(H,91,92)/b13-9-,14-10-,24-20-,25-21-,26-22-,31-27-,34-32-,35-33-,40-38-,41-39-,48-45-,49-46-,59-55-,60-56-. The third kappa shape index (κ3) is 72.8. The van der Waals surface area contributed by atoms with Crippen molar-refractivity contribution in [3.63, 3.8) is 0 Å². The Morgan fingerprint density at radius 2 is 0.539 bits per heavy atom. The van der Waals surface area contributed by atoms with Crippen LogP contribution in [0.1, 0.15) is 272 Å². The normalized spacial score (nSPS) is 14.9. The van der Waals surface area contributed by atoms with E-state index in [1.165, 1.54) is 32.1 Å². The van der Waals surface area contributed by atoms with Gasteiger partial charge < -0.3 is 33.8 Å². The van der Waals surface area contributed by atoms with Crippen LogP contribution in [0.3, 0.4) is 0 Å². The van der Waals surface area contributed by atoms with E-state index < -0.39 is 97.5 Å². The summed E-state index contributed by atoms with van der Waals surface area (Å²) in [6.45, 7) is 4.36. The van der Waals surface area contributed by atoms with E-state index in [0.717, 1.165) is 148 Å². The number of carbonyl (C=O) groups excluding carboxylic acids is 4. The van der Waals surface area contributed by atoms with Gasteiger partial charge in [-0.25, -0.2) is 9.13 Å². The lowest BCUT2D eigenvalue weighted by Gasteiger charge is -2.21. The SMILES string of the molecule is CC/C=C\C/C=C\C/C=C\C/C=C\C/C=C\C/C=C\CCC(=O)OCC(COP(=O)(O)OCC(O)COP(=O)(O)OCC(COC(=O)CC/C=C\C/C=C\C/C=C\C/C=C\C/C=C\C/C=C\CC)OC(=O)CCCCCCC/C=C\CCCCCC)OC(=O)CCCCCCC/C=C\CCCC. The Morgan fingerprint density at radius 1 is 0.284 bits per heavy atom. The lowest BCUT2D eigenvalue weighted by molar-refractivity contribution is -0.161. The predicted molar refractivity (Wildman–Crippen MR) is 417 cm³/mol. The van der Waals surface area contributed by atoms with Gasteiger partial charge in [-0.3, -0.25) is 37.3 Å². The van der Waals surface area contributed by atoms with E-state index >= 15 is 0 Å². The van der Waals surface area contributed by atoms with E-state index in [4.69, 9.17) is 37.0 Å². The summed E-state index contributed by atoms with van der Waals surface area (Å²) in [5, 5.41) is 10.6. The van der Waals surface area contributed by atoms with Crippen LogP contribution < -0.4 is 0 Å². The number of hydrogen-bond donors (Lipinski definition) is 3. The van der Waals surface area contributed by atoms with Crippen molar-refractivity contribution in [1.82, 2.24) is 0 Å². The van der Waals surface area contributed by atoms with Crippen LogP contribution in [-0.4, -0.2) is 96.7 Å². The lowest BCUT2D eigenvalue weighted by Crippen LogP contribution is -2.30. The van der Waals surface area contributed by atoms with Gasteiger partial charge in [0.2, 0.25) is 0 Å². The van der Waals surface area contributed by atoms with Crippen LogP contribution in [0, 0.1) is 0 Å². The highest BCUT2D eigenvalue weighted by Crippen LogP contribution is 2.45. The number of carbonyl (C=O) groups is 4. The molecule has 0 spiro atoms. The second-order valence-electron chi connectivity index (χ2n) is 24.8. The van der Waals surface area contributed by atoms with Crippen molar-refractivity contribution in [1.29, 1.82) is 0 Å². The molecule has 0 rings (SSSR count). The Kier molecular flexibility index (Phi) is 69.7. The molecule has 5 atom stereocenters. The second kappa shape index (κ2) is 73.7. The first kappa shape index (κ1) is 96.4. The second-order valence-corrected chi connectivity index (χ2v) is 27.7. The fourth-order valence-electron chi connectivity index (χ4n) is 9.36. The minimum absolute atomic E-state index is 0.0279. The van der Waals surface area contributed by atoms with Gasteiger partial charge in [0.15, 0.2) is 12.2 Å². The average Bonchev–Trinajstić information content (AvgIpc) is 0.928. The molecule has 0 aliphatic heterocycles. The summed E-state index contributed by atoms with van der Waals surface area (Å²) in [6.07, 6.45) is 86.7. The summed E-state index contributed by atoms with van der Waals surface area (Å²) in [5.41, 5.74) is 0. The number of esters is 4. The molecule has 0 saturated heterocycles. The summed E-state index contributed by atoms with van der Waals surface area (Å²) < 4.78 is 68.2. The van der Waals surface area contributed by atoms with Crippen molar-refractivity contribution in [2.24, 2.45) is 0 Å². The largest absolute Gasteiger partial charge is 0.472 e. The van der Waals surface area contributed by atoms with Gasteiger partial charge in [0.05, 0.1) is 26.4 Å². The van der Waals surface area contributed by atoms with Gasteiger partial charge in [-0.15, -0.1) is 0 Å². The summed E-state index contributed by atoms with van der Waals surface area (Å²) >= 11 is 0. The molecule has 5 unspecified atom stereocenters. The first-order valence-electron chi connectivity index (χ1n) is 38.4. The fourth-order valence-corrected chi connectivity index (χ4v) is 10.9. The quantitative estimate of drug-likeness (QED) is 0.0169. The molecule has 3 N–H and O–H groups in total. The van der Waals surface area contributed by atoms with Crippen LogP contribution in [0.2, 0.25) is 0 Å². The molecule has 578 valence electrons. The van der Waals surface area contributed by atoms with Crippen molar-refractivity contribution in [3.8, 4) is 0 Å². The van der Waals surface area contributed by atoms with E-state index in [2.05, 4.69) is 161 Å². The Bertz CT molecular complexity index is 2600. The van der Waals surface area contributed by atoms with Crippen LogP contribution in [0.15, 0.2) is 170 Å². The zero-order valence-corrected chi connectivity index (χ0v) is 64.8. The van der Waals surface area contributed by atoms with Gasteiger partial charge in [-0.05, 0) is 148 Å². The molecular weight excluding hydrogens is 1330 g/mol. The number of unbranched alkanes of at least 4 members (excludes halogenated alkanes) is 16. The van der Waals surface area contributed by atoms with Crippen LogP contribution in [0.25, 0.3) is 0 Å². The highest BCUT2D eigenvalue weighted by atomic mass is 31.2. The minimum Gasteiger partial charge on any atom is -0.462 e. The predicted octanol–water partition coefficient (Wildman–Crippen LogP) is 22.2. The molecule has 0 aliphatic carbocycles. The van der Waals surface area contributed by atoms with Crippen molar-refractivity contribution in [2.75, 3.05) is 39.6 Å². The van der Waals surface area contributed by atoms with Gasteiger partial charge in [0, 0.05) is 25.7 Å². The molecule has 0 aromatic carbocycles. The number of hydrogen-bond acceptors (Lipinski definition) is 15. The summed E-state index contributed by atoms with van der Waals surface area (Å²) in [5.74, 6) is -2.41. The Labute approximate surface area is 616 Å². The Balaban J connectivity index is 5.45. The first-order chi connectivity index (χ1) is 49.7. The molecule has 19 heteroatoms. The highest BCUT2D eigenvalue weighted by Gasteiger charge is 2.30. The summed E-state index contributed by atoms with van der Waals surface area (Å²) in [4.78, 5) is 72.8. The topological polar surface area (TPSA) is 237 Å². The van der Waals surface area contributed by atoms with Crippen LogP contribution in [0.4, 0.5) is 0 Å². The van der Waals surface area contributed by atoms with Crippen molar-refractivity contribution in [3.05, 3.63) is 170 Å². The molecule has 0 aromatic rings. The molecule has 0 fully saturated rings. The van der Waals surface area contributed by atoms with Crippen molar-refractivity contribution < 1.29 is 80.2 Å². The third-order valence-electron chi connectivity index (χ3n) is 15.2. The zero-order chi connectivity index (χ0) is 74.6. The van der Waals surface area contributed by atoms with Crippen LogP contribution in [-0.2, 0) is 65.4 Å². The molecule has 0 radical (unpaired) electrons. The molecule has 0 bridgehead atoms. The maximum atomic E-state index is 13.1. The minimum atomic E-state index is -5.00. The molecule has 0 amide bonds. The van der Waals surface area contributed by atoms with E-state index in [9.17, 15) is 43.2 Å². The number of aliphatic hydroxyl groups excluding tert-OH is 1. The van der Waals surface area contributed by atoms with E-state index in [1.807, 2.05) is 36.5 Å². The number of phosphoric acid groups is 2. The van der Waals surface area contributed by atoms with Crippen molar-refractivity contribution >= 4 is 39.5 Å². The fraction of sp³-hybridized carbons (Fsp3) is 0.614. The Hall–Kier alpha value is -5.58. The smallest absolute Gasteiger partial charge is 0.462 e. The van der Waals surface area contributed by atoms with E-state index in [-0.39, 0.29) is 25.7 Å². The monoisotopic (exact) mass is 1460 g/mol. The number of rotatable bonds is 70. The summed E-state index contributed by atoms with van der Waals surface area (Å²) in [7, 11) is -10.0. The molecule has 0 saturated carbocycles. The van der Waals surface area contributed by atoms with E-state index in [1.54, 1.807) is 0 Å². The summed E-state index contributed by atoms with van der Waals surface area (Å²) in [6, 6.07) is 0.